The third kappa shape index (κ3) is 3.75. The number of nitrogens with two attached hydrogens (primary N) is 2. The molecule has 0 aliphatic carbocycles. The molecule has 1 heterocycles. The first kappa shape index (κ1) is 13.5. The predicted molar refractivity (Wildman–Crippen MR) is 66.1 cm³/mol. The van der Waals surface area contributed by atoms with E-state index in [4.69, 9.17) is 11.6 Å². The number of aromatic nitrogens is 2. The van der Waals surface area contributed by atoms with Crippen LogP contribution in [0.15, 0.2) is 16.0 Å². The molecule has 17 heavy (non-hydrogen) atoms. The summed E-state index contributed by atoms with van der Waals surface area (Å²) in [7, 11) is 0. The highest BCUT2D eigenvalue weighted by Gasteiger charge is 2.27. The van der Waals surface area contributed by atoms with Crippen LogP contribution in [0.5, 0.6) is 0 Å². The van der Waals surface area contributed by atoms with E-state index in [0.29, 0.717) is 10.9 Å². The molecule has 0 unspecified atom stereocenters. The van der Waals surface area contributed by atoms with E-state index in [0.717, 1.165) is 0 Å². The summed E-state index contributed by atoms with van der Waals surface area (Å²) < 4.78 is 0. The number of hydrogen-bond acceptors (Lipinski definition) is 6. The number of carbonyl (C=O) groups excluding carboxylic acids is 1. The zero-order chi connectivity index (χ0) is 13.1. The summed E-state index contributed by atoms with van der Waals surface area (Å²) in [6, 6.07) is 1.20. The summed E-state index contributed by atoms with van der Waals surface area (Å²) in [5.74, 6) is 5.36. The van der Waals surface area contributed by atoms with E-state index in [2.05, 4.69) is 15.4 Å². The van der Waals surface area contributed by atoms with Crippen LogP contribution in [0.2, 0.25) is 0 Å². The number of hydrogen-bond donors (Lipinski definition) is 4. The second kappa shape index (κ2) is 5.19. The highest BCUT2D eigenvalue weighted by Crippen LogP contribution is 2.25. The normalized spacial score (nSPS) is 11.2. The molecule has 0 atom stereocenters. The van der Waals surface area contributed by atoms with Gasteiger partial charge in [-0.3, -0.25) is 15.0 Å². The first-order chi connectivity index (χ1) is 7.85. The zero-order valence-corrected chi connectivity index (χ0v) is 10.4. The Bertz CT molecular complexity index is 471. The van der Waals surface area contributed by atoms with E-state index >= 15 is 0 Å². The smallest absolute Gasteiger partial charge is 0.253 e. The van der Waals surface area contributed by atoms with Gasteiger partial charge in [-0.1, -0.05) is 25.6 Å². The second-order valence-corrected chi connectivity index (χ2v) is 5.09. The number of nitrogens with one attached hydrogen (secondary N) is 2. The van der Waals surface area contributed by atoms with Gasteiger partial charge in [-0.05, 0) is 0 Å². The van der Waals surface area contributed by atoms with Crippen molar-refractivity contribution in [1.29, 1.82) is 0 Å². The Labute approximate surface area is 102 Å². The van der Waals surface area contributed by atoms with Gasteiger partial charge < -0.3 is 10.7 Å². The Hall–Kier alpha value is -1.54. The lowest BCUT2D eigenvalue weighted by Crippen LogP contribution is -2.42. The van der Waals surface area contributed by atoms with Crippen molar-refractivity contribution in [1.82, 2.24) is 15.4 Å². The molecule has 7 nitrogen and oxygen atoms in total. The highest BCUT2D eigenvalue weighted by molar-refractivity contribution is 7.99. The predicted octanol–water partition coefficient (Wildman–Crippen LogP) is -0.540. The zero-order valence-electron chi connectivity index (χ0n) is 9.61. The van der Waals surface area contributed by atoms with Gasteiger partial charge in [0.1, 0.15) is 5.82 Å². The SMILES string of the molecule is CC(C)(CSc1nc(N)cc(=O)[nH]1)C(=O)NN. The molecule has 0 saturated carbocycles. The molecule has 0 saturated heterocycles. The van der Waals surface area contributed by atoms with Gasteiger partial charge in [0.2, 0.25) is 5.91 Å². The van der Waals surface area contributed by atoms with Crippen LogP contribution in [0, 0.1) is 5.41 Å². The fourth-order valence-electron chi connectivity index (χ4n) is 1.03. The van der Waals surface area contributed by atoms with Gasteiger partial charge in [-0.25, -0.2) is 10.8 Å². The summed E-state index contributed by atoms with van der Waals surface area (Å²) in [6.45, 7) is 3.49. The Kier molecular flexibility index (Phi) is 4.13. The third-order valence-electron chi connectivity index (χ3n) is 2.06. The molecule has 1 aromatic heterocycles. The number of H-pyrrole nitrogens is 1. The molecule has 8 heteroatoms. The van der Waals surface area contributed by atoms with Crippen molar-refractivity contribution in [3.8, 4) is 0 Å². The molecule has 6 N–H and O–H groups in total. The Balaban J connectivity index is 2.73. The number of nitrogen functional groups attached to an aromatic ring is 1. The van der Waals surface area contributed by atoms with E-state index < -0.39 is 5.41 Å². The molecule has 94 valence electrons. The lowest BCUT2D eigenvalue weighted by atomic mass is 9.96. The fraction of sp³-hybridized carbons (Fsp3) is 0.444. The molecule has 0 fully saturated rings. The number of carbonyl (C=O) groups is 1. The van der Waals surface area contributed by atoms with Crippen LogP contribution in [0.4, 0.5) is 5.82 Å². The van der Waals surface area contributed by atoms with Crippen LogP contribution in [0.1, 0.15) is 13.8 Å². The summed E-state index contributed by atoms with van der Waals surface area (Å²) >= 11 is 1.24. The lowest BCUT2D eigenvalue weighted by Gasteiger charge is -2.21. The van der Waals surface area contributed by atoms with Gasteiger partial charge in [0.15, 0.2) is 5.16 Å². The van der Waals surface area contributed by atoms with E-state index in [-0.39, 0.29) is 17.3 Å². The van der Waals surface area contributed by atoms with Crippen molar-refractivity contribution in [3.63, 3.8) is 0 Å². The van der Waals surface area contributed by atoms with Crippen LogP contribution in [-0.4, -0.2) is 21.6 Å². The summed E-state index contributed by atoms with van der Waals surface area (Å²) in [5.41, 5.74) is 6.55. The van der Waals surface area contributed by atoms with Crippen LogP contribution in [-0.2, 0) is 4.79 Å². The Morgan fingerprint density at radius 2 is 2.29 bits per heavy atom. The minimum absolute atomic E-state index is 0.150. The molecule has 1 amide bonds. The summed E-state index contributed by atoms with van der Waals surface area (Å²) in [5, 5.41) is 0.382. The van der Waals surface area contributed by atoms with Crippen molar-refractivity contribution >= 4 is 23.5 Å². The summed E-state index contributed by atoms with van der Waals surface area (Å²) in [6.07, 6.45) is 0. The number of hydrazine groups is 1. The molecule has 1 rings (SSSR count). The number of aromatic amines is 1. The average Bonchev–Trinajstić information content (AvgIpc) is 2.24. The van der Waals surface area contributed by atoms with E-state index in [9.17, 15) is 9.59 Å². The van der Waals surface area contributed by atoms with Crippen LogP contribution in [0.25, 0.3) is 0 Å². The maximum Gasteiger partial charge on any atom is 0.253 e. The standard InChI is InChI=1S/C9H15N5O2S/c1-9(2,7(16)14-11)4-17-8-12-5(10)3-6(15)13-8/h3H,4,11H2,1-2H3,(H,14,16)(H3,10,12,13,15). The number of thioether (sulfide) groups is 1. The maximum absolute atomic E-state index is 11.4. The molecular weight excluding hydrogens is 242 g/mol. The average molecular weight is 257 g/mol. The van der Waals surface area contributed by atoms with E-state index in [1.54, 1.807) is 13.8 Å². The molecule has 0 aliphatic rings. The first-order valence-electron chi connectivity index (χ1n) is 4.86. The summed E-state index contributed by atoms with van der Waals surface area (Å²) in [4.78, 5) is 29.0. The van der Waals surface area contributed by atoms with E-state index in [1.165, 1.54) is 17.8 Å². The first-order valence-corrected chi connectivity index (χ1v) is 5.84. The van der Waals surface area contributed by atoms with Crippen molar-refractivity contribution in [2.75, 3.05) is 11.5 Å². The van der Waals surface area contributed by atoms with Crippen LogP contribution in [0.3, 0.4) is 0 Å². The number of anilines is 1. The highest BCUT2D eigenvalue weighted by atomic mass is 32.2. The van der Waals surface area contributed by atoms with Gasteiger partial charge >= 0.3 is 0 Å². The molecule has 0 spiro atoms. The molecule has 1 aromatic rings. The van der Waals surface area contributed by atoms with Crippen molar-refractivity contribution in [2.24, 2.45) is 11.3 Å². The van der Waals surface area contributed by atoms with Gasteiger partial charge in [0.05, 0.1) is 5.41 Å². The van der Waals surface area contributed by atoms with Crippen molar-refractivity contribution < 1.29 is 4.79 Å². The number of nitrogens with zero attached hydrogens (tertiary/aromatic N) is 1. The maximum atomic E-state index is 11.4. The molecule has 0 bridgehead atoms. The van der Waals surface area contributed by atoms with Gasteiger partial charge in [-0.15, -0.1) is 0 Å². The Morgan fingerprint density at radius 3 is 2.82 bits per heavy atom. The van der Waals surface area contributed by atoms with Crippen LogP contribution >= 0.6 is 11.8 Å². The lowest BCUT2D eigenvalue weighted by molar-refractivity contribution is -0.128. The second-order valence-electron chi connectivity index (χ2n) is 4.12. The monoisotopic (exact) mass is 257 g/mol. The van der Waals surface area contributed by atoms with Gasteiger partial charge in [0, 0.05) is 11.8 Å². The van der Waals surface area contributed by atoms with Gasteiger partial charge in [0.25, 0.3) is 5.56 Å². The quantitative estimate of drug-likeness (QED) is 0.189. The molecule has 0 aliphatic heterocycles. The third-order valence-corrected chi connectivity index (χ3v) is 3.39. The minimum Gasteiger partial charge on any atom is -0.383 e. The molecular formula is C9H15N5O2S. The van der Waals surface area contributed by atoms with E-state index in [1.807, 2.05) is 0 Å². The fourth-order valence-corrected chi connectivity index (χ4v) is 2.00. The minimum atomic E-state index is -0.664. The Morgan fingerprint density at radius 1 is 1.65 bits per heavy atom. The molecule has 0 radical (unpaired) electrons. The number of amides is 1. The molecule has 0 aromatic carbocycles. The van der Waals surface area contributed by atoms with Crippen molar-refractivity contribution in [3.05, 3.63) is 16.4 Å². The number of rotatable bonds is 4. The topological polar surface area (TPSA) is 127 Å². The van der Waals surface area contributed by atoms with Crippen LogP contribution < -0.4 is 22.6 Å². The largest absolute Gasteiger partial charge is 0.383 e. The van der Waals surface area contributed by atoms with Gasteiger partial charge in [-0.2, -0.15) is 0 Å². The van der Waals surface area contributed by atoms with Crippen molar-refractivity contribution in [2.45, 2.75) is 19.0 Å².